The Morgan fingerprint density at radius 2 is 1.68 bits per heavy atom. The smallest absolute Gasteiger partial charge is 0.135 e. The van der Waals surface area contributed by atoms with Crippen LogP contribution in [0.4, 0.5) is 0 Å². The third-order valence-electron chi connectivity index (χ3n) is 5.28. The molecule has 3 heterocycles. The van der Waals surface area contributed by atoms with Crippen molar-refractivity contribution in [1.82, 2.24) is 14.9 Å². The average Bonchev–Trinajstić information content (AvgIpc) is 3.39. The third kappa shape index (κ3) is 3.85. The number of aliphatic hydroxyl groups excluding tert-OH is 1. The molecular formula is C25H20N4OS. The highest BCUT2D eigenvalue weighted by Gasteiger charge is 2.30. The van der Waals surface area contributed by atoms with Crippen molar-refractivity contribution < 1.29 is 5.11 Å². The van der Waals surface area contributed by atoms with Crippen molar-refractivity contribution in [3.8, 4) is 22.4 Å². The maximum Gasteiger partial charge on any atom is 0.135 e. The van der Waals surface area contributed by atoms with E-state index in [0.717, 1.165) is 22.4 Å². The lowest BCUT2D eigenvalue weighted by Gasteiger charge is -2.18. The molecule has 31 heavy (non-hydrogen) atoms. The van der Waals surface area contributed by atoms with Crippen LogP contribution in [0.2, 0.25) is 0 Å². The fourth-order valence-corrected chi connectivity index (χ4v) is 4.59. The van der Waals surface area contributed by atoms with Gasteiger partial charge in [0.05, 0.1) is 17.8 Å². The molecule has 2 aromatic heterocycles. The summed E-state index contributed by atoms with van der Waals surface area (Å²) < 4.78 is 0. The van der Waals surface area contributed by atoms with Crippen molar-refractivity contribution in [2.45, 2.75) is 6.54 Å². The van der Waals surface area contributed by atoms with Gasteiger partial charge in [0, 0.05) is 29.9 Å². The van der Waals surface area contributed by atoms with Gasteiger partial charge in [-0.25, -0.2) is 4.98 Å². The predicted molar refractivity (Wildman–Crippen MR) is 125 cm³/mol. The van der Waals surface area contributed by atoms with E-state index in [4.69, 9.17) is 10.4 Å². The molecule has 1 aliphatic rings. The van der Waals surface area contributed by atoms with Crippen molar-refractivity contribution in [2.24, 2.45) is 0 Å². The number of benzene rings is 2. The summed E-state index contributed by atoms with van der Waals surface area (Å²) in [5.74, 6) is 0.482. The molecule has 0 unspecified atom stereocenters. The van der Waals surface area contributed by atoms with Gasteiger partial charge in [0.1, 0.15) is 16.6 Å². The molecule has 0 atom stereocenters. The molecule has 5 nitrogen and oxygen atoms in total. The van der Waals surface area contributed by atoms with Crippen molar-refractivity contribution in [1.29, 1.82) is 5.41 Å². The van der Waals surface area contributed by atoms with E-state index in [9.17, 15) is 5.11 Å². The Labute approximate surface area is 184 Å². The normalized spacial score (nSPS) is 13.8. The maximum atomic E-state index is 10.6. The van der Waals surface area contributed by atoms with Crippen LogP contribution in [-0.4, -0.2) is 32.4 Å². The van der Waals surface area contributed by atoms with Crippen LogP contribution >= 0.6 is 11.3 Å². The number of pyridine rings is 1. The van der Waals surface area contributed by atoms with Crippen molar-refractivity contribution >= 4 is 22.7 Å². The van der Waals surface area contributed by atoms with Crippen LogP contribution in [0.3, 0.4) is 0 Å². The number of thiazole rings is 1. The Morgan fingerprint density at radius 1 is 0.935 bits per heavy atom. The monoisotopic (exact) mass is 424 g/mol. The lowest BCUT2D eigenvalue weighted by atomic mass is 10.0. The minimum Gasteiger partial charge on any atom is -0.510 e. The Bertz CT molecular complexity index is 1250. The highest BCUT2D eigenvalue weighted by atomic mass is 32.1. The van der Waals surface area contributed by atoms with E-state index in [1.807, 2.05) is 40.6 Å². The van der Waals surface area contributed by atoms with E-state index < -0.39 is 0 Å². The van der Waals surface area contributed by atoms with E-state index in [-0.39, 0.29) is 5.76 Å². The first-order valence-corrected chi connectivity index (χ1v) is 10.8. The van der Waals surface area contributed by atoms with Gasteiger partial charge in [-0.15, -0.1) is 11.3 Å². The molecule has 0 fully saturated rings. The van der Waals surface area contributed by atoms with E-state index in [2.05, 4.69) is 41.4 Å². The lowest BCUT2D eigenvalue weighted by Crippen LogP contribution is -2.26. The van der Waals surface area contributed by atoms with Gasteiger partial charge in [-0.2, -0.15) is 0 Å². The number of nitrogens with one attached hydrogen (secondary N) is 1. The van der Waals surface area contributed by atoms with Crippen LogP contribution in [0.1, 0.15) is 10.6 Å². The summed E-state index contributed by atoms with van der Waals surface area (Å²) in [6.07, 6.45) is 3.51. The van der Waals surface area contributed by atoms with Gasteiger partial charge >= 0.3 is 0 Å². The van der Waals surface area contributed by atoms with Gasteiger partial charge in [0.25, 0.3) is 0 Å². The van der Waals surface area contributed by atoms with Gasteiger partial charge in [-0.05, 0) is 22.8 Å². The predicted octanol–water partition coefficient (Wildman–Crippen LogP) is 5.63. The first-order chi connectivity index (χ1) is 15.2. The largest absolute Gasteiger partial charge is 0.510 e. The summed E-state index contributed by atoms with van der Waals surface area (Å²) in [5.41, 5.74) is 5.71. The van der Waals surface area contributed by atoms with Crippen molar-refractivity contribution in [3.05, 3.63) is 101 Å². The van der Waals surface area contributed by atoms with Crippen LogP contribution in [-0.2, 0) is 6.54 Å². The first-order valence-electron chi connectivity index (χ1n) is 9.95. The van der Waals surface area contributed by atoms with Crippen LogP contribution in [0.5, 0.6) is 0 Å². The molecular weight excluding hydrogens is 404 g/mol. The molecule has 1 aliphatic heterocycles. The van der Waals surface area contributed by atoms with Crippen LogP contribution < -0.4 is 0 Å². The molecule has 0 saturated heterocycles. The second kappa shape index (κ2) is 8.16. The zero-order chi connectivity index (χ0) is 21.2. The highest BCUT2D eigenvalue weighted by Crippen LogP contribution is 2.33. The second-order valence-corrected chi connectivity index (χ2v) is 8.23. The van der Waals surface area contributed by atoms with Gasteiger partial charge in [0.15, 0.2) is 0 Å². The number of hydrogen-bond acceptors (Lipinski definition) is 5. The number of aliphatic hydroxyl groups is 1. The Balaban J connectivity index is 1.35. The second-order valence-electron chi connectivity index (χ2n) is 7.37. The van der Waals surface area contributed by atoms with Crippen LogP contribution in [0, 0.1) is 5.41 Å². The molecule has 152 valence electrons. The Kier molecular flexibility index (Phi) is 5.06. The molecule has 5 rings (SSSR count). The van der Waals surface area contributed by atoms with Crippen LogP contribution in [0.25, 0.3) is 28.0 Å². The summed E-state index contributed by atoms with van der Waals surface area (Å²) in [4.78, 5) is 10.7. The lowest BCUT2D eigenvalue weighted by molar-refractivity contribution is 0.347. The summed E-state index contributed by atoms with van der Waals surface area (Å²) in [7, 11) is 0. The van der Waals surface area contributed by atoms with Crippen molar-refractivity contribution in [3.63, 3.8) is 0 Å². The van der Waals surface area contributed by atoms with Crippen molar-refractivity contribution in [2.75, 3.05) is 6.54 Å². The number of aromatic nitrogens is 2. The molecule has 2 aromatic carbocycles. The number of rotatable bonds is 5. The first kappa shape index (κ1) is 19.2. The number of nitrogens with zero attached hydrogens (tertiary/aromatic N) is 3. The average molecular weight is 425 g/mol. The fourth-order valence-electron chi connectivity index (χ4n) is 3.69. The van der Waals surface area contributed by atoms with Gasteiger partial charge in [0.2, 0.25) is 0 Å². The van der Waals surface area contributed by atoms with E-state index in [1.165, 1.54) is 16.9 Å². The van der Waals surface area contributed by atoms with E-state index in [1.54, 1.807) is 12.4 Å². The molecule has 4 aromatic rings. The minimum atomic E-state index is 0.189. The molecule has 0 spiro atoms. The third-order valence-corrected chi connectivity index (χ3v) is 6.14. The SMILES string of the molecule is N=C1C(c2nc(-c3ccc(-c4ccccc4)cc3)cs2)=C(O)CN1Cc1cccnc1. The molecule has 0 aliphatic carbocycles. The molecule has 0 bridgehead atoms. The fraction of sp³-hybridized carbons (Fsp3) is 0.0800. The van der Waals surface area contributed by atoms with Crippen LogP contribution in [0.15, 0.2) is 90.3 Å². The minimum absolute atomic E-state index is 0.189. The molecule has 6 heteroatoms. The van der Waals surface area contributed by atoms with E-state index >= 15 is 0 Å². The number of hydrogen-bond donors (Lipinski definition) is 2. The Hall–Kier alpha value is -3.77. The summed E-state index contributed by atoms with van der Waals surface area (Å²) in [5, 5.41) is 21.8. The zero-order valence-electron chi connectivity index (χ0n) is 16.7. The standard InChI is InChI=1S/C25H20N4OS/c26-24-23(22(30)15-29(24)14-17-5-4-12-27-13-17)25-28-21(16-31-25)20-10-8-19(9-11-20)18-6-2-1-3-7-18/h1-13,16,26,30H,14-15H2. The van der Waals surface area contributed by atoms with Gasteiger partial charge < -0.3 is 10.0 Å². The summed E-state index contributed by atoms with van der Waals surface area (Å²) >= 11 is 1.45. The molecule has 0 radical (unpaired) electrons. The molecule has 0 saturated carbocycles. The zero-order valence-corrected chi connectivity index (χ0v) is 17.5. The van der Waals surface area contributed by atoms with E-state index in [0.29, 0.717) is 29.5 Å². The Morgan fingerprint density at radius 3 is 2.42 bits per heavy atom. The van der Waals surface area contributed by atoms with Gasteiger partial charge in [-0.3, -0.25) is 10.4 Å². The van der Waals surface area contributed by atoms with Gasteiger partial charge in [-0.1, -0.05) is 60.7 Å². The summed E-state index contributed by atoms with van der Waals surface area (Å²) in [6.45, 7) is 0.836. The molecule has 0 amide bonds. The maximum absolute atomic E-state index is 10.6. The highest BCUT2D eigenvalue weighted by molar-refractivity contribution is 7.11. The topological polar surface area (TPSA) is 73.1 Å². The quantitative estimate of drug-likeness (QED) is 0.435. The summed E-state index contributed by atoms with van der Waals surface area (Å²) in [6, 6.07) is 22.4. The molecule has 2 N–H and O–H groups in total. The number of amidine groups is 1.